The van der Waals surface area contributed by atoms with E-state index in [1.54, 1.807) is 0 Å². The number of rotatable bonds is 6. The molecule has 21 heavy (non-hydrogen) atoms. The first-order valence-electron chi connectivity index (χ1n) is 7.12. The fourth-order valence-corrected chi connectivity index (χ4v) is 1.91. The highest BCUT2D eigenvalue weighted by atomic mass is 16.5. The Morgan fingerprint density at radius 1 is 1.19 bits per heavy atom. The van der Waals surface area contributed by atoms with Gasteiger partial charge < -0.3 is 15.2 Å². The minimum absolute atomic E-state index is 0.0524. The predicted octanol–water partition coefficient (Wildman–Crippen LogP) is 2.35. The molecular weight excluding hydrogens is 266 g/mol. The maximum atomic E-state index is 11.7. The number of fused-ring (bicyclic) bond motifs is 1. The van der Waals surface area contributed by atoms with Gasteiger partial charge in [0.15, 0.2) is 6.61 Å². The Morgan fingerprint density at radius 2 is 1.90 bits per heavy atom. The zero-order chi connectivity index (χ0) is 15.2. The van der Waals surface area contributed by atoms with Gasteiger partial charge in [0.1, 0.15) is 5.75 Å². The number of carbonyl (C=O) groups excluding carboxylic acids is 1. The molecule has 4 heteroatoms. The Balaban J connectivity index is 1.85. The largest absolute Gasteiger partial charge is 0.484 e. The van der Waals surface area contributed by atoms with Crippen LogP contribution in [0.2, 0.25) is 0 Å². The van der Waals surface area contributed by atoms with Crippen molar-refractivity contribution in [3.05, 3.63) is 42.5 Å². The van der Waals surface area contributed by atoms with Crippen LogP contribution >= 0.6 is 0 Å². The lowest BCUT2D eigenvalue weighted by Gasteiger charge is -2.15. The third-order valence-electron chi connectivity index (χ3n) is 3.37. The zero-order valence-electron chi connectivity index (χ0n) is 12.4. The van der Waals surface area contributed by atoms with Crippen molar-refractivity contribution in [2.24, 2.45) is 5.92 Å². The maximum Gasteiger partial charge on any atom is 0.258 e. The van der Waals surface area contributed by atoms with Gasteiger partial charge in [0.2, 0.25) is 0 Å². The lowest BCUT2D eigenvalue weighted by atomic mass is 10.1. The van der Waals surface area contributed by atoms with Crippen LogP contribution < -0.4 is 10.1 Å². The van der Waals surface area contributed by atoms with Crippen LogP contribution in [-0.4, -0.2) is 30.3 Å². The quantitative estimate of drug-likeness (QED) is 0.857. The van der Waals surface area contributed by atoms with E-state index in [9.17, 15) is 9.90 Å². The molecule has 2 rings (SSSR count). The van der Waals surface area contributed by atoms with Crippen LogP contribution in [0.3, 0.4) is 0 Å². The highest BCUT2D eigenvalue weighted by molar-refractivity contribution is 5.84. The summed E-state index contributed by atoms with van der Waals surface area (Å²) in [6.07, 6.45) is -0.533. The second-order valence-corrected chi connectivity index (χ2v) is 5.41. The first kappa shape index (κ1) is 15.3. The average Bonchev–Trinajstić information content (AvgIpc) is 2.50. The predicted molar refractivity (Wildman–Crippen MR) is 83.3 cm³/mol. The molecule has 0 aliphatic rings. The van der Waals surface area contributed by atoms with Gasteiger partial charge in [-0.25, -0.2) is 0 Å². The molecule has 0 saturated carbocycles. The fourth-order valence-electron chi connectivity index (χ4n) is 1.91. The maximum absolute atomic E-state index is 11.7. The molecule has 1 atom stereocenters. The van der Waals surface area contributed by atoms with Crippen molar-refractivity contribution in [1.82, 2.24) is 5.32 Å². The molecule has 1 unspecified atom stereocenters. The Bertz CT molecular complexity index is 610. The van der Waals surface area contributed by atoms with Gasteiger partial charge in [0.25, 0.3) is 5.91 Å². The van der Waals surface area contributed by atoms with Gasteiger partial charge in [-0.15, -0.1) is 0 Å². The standard InChI is InChI=1S/C17H21NO3/c1-12(2)16(19)10-18-17(20)11-21-15-8-7-13-5-3-4-6-14(13)9-15/h3-9,12,16,19H,10-11H2,1-2H3,(H,18,20). The molecule has 1 amide bonds. The molecule has 0 heterocycles. The number of carbonyl (C=O) groups is 1. The van der Waals surface area contributed by atoms with Crippen molar-refractivity contribution in [2.75, 3.05) is 13.2 Å². The summed E-state index contributed by atoms with van der Waals surface area (Å²) in [7, 11) is 0. The van der Waals surface area contributed by atoms with E-state index >= 15 is 0 Å². The number of ether oxygens (including phenoxy) is 1. The molecule has 2 aromatic carbocycles. The van der Waals surface area contributed by atoms with E-state index < -0.39 is 6.10 Å². The van der Waals surface area contributed by atoms with E-state index in [0.29, 0.717) is 5.75 Å². The average molecular weight is 287 g/mol. The molecule has 2 aromatic rings. The Morgan fingerprint density at radius 3 is 2.62 bits per heavy atom. The summed E-state index contributed by atoms with van der Waals surface area (Å²) in [5, 5.41) is 14.5. The Hall–Kier alpha value is -2.07. The van der Waals surface area contributed by atoms with Crippen molar-refractivity contribution in [3.8, 4) is 5.75 Å². The van der Waals surface area contributed by atoms with Gasteiger partial charge in [-0.2, -0.15) is 0 Å². The van der Waals surface area contributed by atoms with E-state index in [1.807, 2.05) is 56.3 Å². The lowest BCUT2D eigenvalue weighted by Crippen LogP contribution is -2.37. The van der Waals surface area contributed by atoms with Gasteiger partial charge in [-0.05, 0) is 28.8 Å². The number of nitrogens with one attached hydrogen (secondary N) is 1. The second-order valence-electron chi connectivity index (χ2n) is 5.41. The summed E-state index contributed by atoms with van der Waals surface area (Å²) in [4.78, 5) is 11.7. The molecular formula is C17H21NO3. The third kappa shape index (κ3) is 4.46. The number of amides is 1. The van der Waals surface area contributed by atoms with Crippen LogP contribution in [0.4, 0.5) is 0 Å². The highest BCUT2D eigenvalue weighted by Gasteiger charge is 2.11. The smallest absolute Gasteiger partial charge is 0.258 e. The summed E-state index contributed by atoms with van der Waals surface area (Å²) < 4.78 is 5.47. The number of hydrogen-bond acceptors (Lipinski definition) is 3. The molecule has 0 fully saturated rings. The Kier molecular flexibility index (Phi) is 5.17. The minimum Gasteiger partial charge on any atom is -0.484 e. The molecule has 0 aliphatic heterocycles. The SMILES string of the molecule is CC(C)C(O)CNC(=O)COc1ccc2ccccc2c1. The monoisotopic (exact) mass is 287 g/mol. The minimum atomic E-state index is -0.533. The van der Waals surface area contributed by atoms with Gasteiger partial charge in [-0.3, -0.25) is 4.79 Å². The molecule has 112 valence electrons. The van der Waals surface area contributed by atoms with E-state index in [1.165, 1.54) is 0 Å². The van der Waals surface area contributed by atoms with Crippen LogP contribution in [0, 0.1) is 5.92 Å². The topological polar surface area (TPSA) is 58.6 Å². The van der Waals surface area contributed by atoms with Gasteiger partial charge in [-0.1, -0.05) is 44.2 Å². The van der Waals surface area contributed by atoms with E-state index in [2.05, 4.69) is 5.32 Å². The first-order chi connectivity index (χ1) is 10.1. The van der Waals surface area contributed by atoms with Crippen molar-refractivity contribution >= 4 is 16.7 Å². The normalized spacial score (nSPS) is 12.4. The summed E-state index contributed by atoms with van der Waals surface area (Å²) in [5.74, 6) is 0.544. The van der Waals surface area contributed by atoms with Crippen LogP contribution in [0.15, 0.2) is 42.5 Å². The van der Waals surface area contributed by atoms with Gasteiger partial charge in [0.05, 0.1) is 6.10 Å². The first-order valence-corrected chi connectivity index (χ1v) is 7.12. The van der Waals surface area contributed by atoms with Crippen LogP contribution in [-0.2, 0) is 4.79 Å². The number of aliphatic hydroxyl groups is 1. The molecule has 0 radical (unpaired) electrons. The Labute approximate surface area is 124 Å². The van der Waals surface area contributed by atoms with Crippen LogP contribution in [0.1, 0.15) is 13.8 Å². The molecule has 0 saturated heterocycles. The molecule has 0 spiro atoms. The van der Waals surface area contributed by atoms with Crippen molar-refractivity contribution in [1.29, 1.82) is 0 Å². The summed E-state index contributed by atoms with van der Waals surface area (Å²) in [6, 6.07) is 13.7. The van der Waals surface area contributed by atoms with E-state index in [0.717, 1.165) is 10.8 Å². The lowest BCUT2D eigenvalue weighted by molar-refractivity contribution is -0.123. The summed E-state index contributed by atoms with van der Waals surface area (Å²) in [5.41, 5.74) is 0. The summed E-state index contributed by atoms with van der Waals surface area (Å²) >= 11 is 0. The van der Waals surface area contributed by atoms with Crippen molar-refractivity contribution < 1.29 is 14.6 Å². The van der Waals surface area contributed by atoms with E-state index in [-0.39, 0.29) is 25.0 Å². The molecule has 2 N–H and O–H groups in total. The van der Waals surface area contributed by atoms with Crippen LogP contribution in [0.5, 0.6) is 5.75 Å². The molecule has 0 aromatic heterocycles. The zero-order valence-corrected chi connectivity index (χ0v) is 12.4. The fraction of sp³-hybridized carbons (Fsp3) is 0.353. The summed E-state index contributed by atoms with van der Waals surface area (Å²) in [6.45, 7) is 4.01. The van der Waals surface area contributed by atoms with Crippen LogP contribution in [0.25, 0.3) is 10.8 Å². The van der Waals surface area contributed by atoms with Crippen molar-refractivity contribution in [3.63, 3.8) is 0 Å². The van der Waals surface area contributed by atoms with Crippen molar-refractivity contribution in [2.45, 2.75) is 20.0 Å². The number of benzene rings is 2. The second kappa shape index (κ2) is 7.09. The van der Waals surface area contributed by atoms with Gasteiger partial charge in [0, 0.05) is 6.54 Å². The van der Waals surface area contributed by atoms with E-state index in [4.69, 9.17) is 4.74 Å². The van der Waals surface area contributed by atoms with Gasteiger partial charge >= 0.3 is 0 Å². The number of hydrogen-bond donors (Lipinski definition) is 2. The molecule has 0 aliphatic carbocycles. The molecule has 4 nitrogen and oxygen atoms in total. The number of aliphatic hydroxyl groups excluding tert-OH is 1. The highest BCUT2D eigenvalue weighted by Crippen LogP contribution is 2.20. The third-order valence-corrected chi connectivity index (χ3v) is 3.37. The molecule has 0 bridgehead atoms.